The Bertz CT molecular complexity index is 1560. The van der Waals surface area contributed by atoms with Crippen molar-refractivity contribution in [1.29, 1.82) is 0 Å². The van der Waals surface area contributed by atoms with Gasteiger partial charge in [0.05, 0.1) is 16.3 Å². The number of hydrogen-bond donors (Lipinski definition) is 1. The Balaban J connectivity index is 1.37. The van der Waals surface area contributed by atoms with Gasteiger partial charge < -0.3 is 9.72 Å². The molecule has 0 spiro atoms. The van der Waals surface area contributed by atoms with E-state index in [1.165, 1.54) is 12.1 Å². The van der Waals surface area contributed by atoms with Crippen LogP contribution in [-0.4, -0.2) is 15.3 Å². The first-order chi connectivity index (χ1) is 17.2. The lowest BCUT2D eigenvalue weighted by Crippen LogP contribution is -2.13. The molecule has 5 aromatic rings. The predicted molar refractivity (Wildman–Crippen MR) is 135 cm³/mol. The monoisotopic (exact) mass is 505 g/mol. The predicted octanol–water partition coefficient (Wildman–Crippen LogP) is 7.90. The number of anilines is 1. The number of imidazole rings is 1. The van der Waals surface area contributed by atoms with Crippen molar-refractivity contribution in [1.82, 2.24) is 9.38 Å². The number of aromatic nitrogens is 2. The maximum absolute atomic E-state index is 13.0. The second kappa shape index (κ2) is 9.17. The Labute approximate surface area is 210 Å². The second-order valence-corrected chi connectivity index (χ2v) is 8.75. The number of nitrogens with zero attached hydrogens (tertiary/aromatic N) is 2. The lowest BCUT2D eigenvalue weighted by Gasteiger charge is -2.12. The molecule has 0 radical (unpaired) electrons. The van der Waals surface area contributed by atoms with Gasteiger partial charge in [0.2, 0.25) is 0 Å². The Morgan fingerprint density at radius 3 is 2.39 bits per heavy atom. The quantitative estimate of drug-likeness (QED) is 0.270. The van der Waals surface area contributed by atoms with Crippen molar-refractivity contribution in [2.24, 2.45) is 0 Å². The molecule has 0 bridgehead atoms. The summed E-state index contributed by atoms with van der Waals surface area (Å²) in [6.45, 7) is 1.78. The molecule has 0 saturated heterocycles. The molecule has 0 saturated carbocycles. The molecule has 3 aromatic carbocycles. The van der Waals surface area contributed by atoms with Gasteiger partial charge in [-0.2, -0.15) is 13.2 Å². The van der Waals surface area contributed by atoms with Gasteiger partial charge in [-0.05, 0) is 72.1 Å². The van der Waals surface area contributed by atoms with Crippen LogP contribution in [-0.2, 0) is 6.18 Å². The molecule has 1 N–H and O–H groups in total. The number of aryl methyl sites for hydroxylation is 1. The molecule has 2 heterocycles. The first-order valence-corrected chi connectivity index (χ1v) is 11.4. The van der Waals surface area contributed by atoms with Crippen molar-refractivity contribution in [2.45, 2.75) is 13.1 Å². The lowest BCUT2D eigenvalue weighted by atomic mass is 9.98. The molecule has 2 aromatic heterocycles. The lowest BCUT2D eigenvalue weighted by molar-refractivity contribution is -0.137. The van der Waals surface area contributed by atoms with Crippen LogP contribution < -0.4 is 5.32 Å². The van der Waals surface area contributed by atoms with Crippen LogP contribution in [0, 0.1) is 6.92 Å². The van der Waals surface area contributed by atoms with Crippen LogP contribution in [0.15, 0.2) is 91.3 Å². The summed E-state index contributed by atoms with van der Waals surface area (Å²) in [4.78, 5) is 17.6. The van der Waals surface area contributed by atoms with Gasteiger partial charge in [-0.15, -0.1) is 0 Å². The van der Waals surface area contributed by atoms with Gasteiger partial charge in [0.15, 0.2) is 0 Å². The van der Waals surface area contributed by atoms with Crippen LogP contribution in [0.3, 0.4) is 0 Å². The molecule has 0 atom stereocenters. The van der Waals surface area contributed by atoms with E-state index in [2.05, 4.69) is 10.3 Å². The number of benzene rings is 3. The van der Waals surface area contributed by atoms with E-state index in [0.717, 1.165) is 23.3 Å². The third-order valence-corrected chi connectivity index (χ3v) is 6.21. The van der Waals surface area contributed by atoms with E-state index >= 15 is 0 Å². The Hall–Kier alpha value is -4.10. The molecule has 4 nitrogen and oxygen atoms in total. The standard InChI is InChI=1S/C28H19ClF3N3O/c1-17-14-19(18-5-8-20(9-6-18)28(30,31)32)7-11-22(17)27(36)33-21-10-12-24(29)23(15-21)25-16-35-13-3-2-4-26(35)34-25/h2-16H,1H3,(H,33,36). The third-order valence-electron chi connectivity index (χ3n) is 5.88. The average Bonchev–Trinajstić information content (AvgIpc) is 3.29. The van der Waals surface area contributed by atoms with Crippen molar-refractivity contribution >= 4 is 28.8 Å². The minimum absolute atomic E-state index is 0.310. The largest absolute Gasteiger partial charge is 0.416 e. The number of carbonyl (C=O) groups is 1. The van der Waals surface area contributed by atoms with Gasteiger partial charge >= 0.3 is 6.18 Å². The summed E-state index contributed by atoms with van der Waals surface area (Å²) in [5.74, 6) is -0.310. The number of hydrogen-bond acceptors (Lipinski definition) is 2. The minimum atomic E-state index is -4.39. The Morgan fingerprint density at radius 1 is 0.944 bits per heavy atom. The molecular formula is C28H19ClF3N3O. The minimum Gasteiger partial charge on any atom is -0.322 e. The average molecular weight is 506 g/mol. The first kappa shape index (κ1) is 23.6. The van der Waals surface area contributed by atoms with E-state index in [4.69, 9.17) is 11.6 Å². The van der Waals surface area contributed by atoms with E-state index in [0.29, 0.717) is 38.7 Å². The smallest absolute Gasteiger partial charge is 0.322 e. The molecule has 5 rings (SSSR count). The third kappa shape index (κ3) is 4.70. The molecular weight excluding hydrogens is 487 g/mol. The zero-order valence-corrected chi connectivity index (χ0v) is 19.7. The van der Waals surface area contributed by atoms with E-state index < -0.39 is 11.7 Å². The fourth-order valence-electron chi connectivity index (χ4n) is 4.01. The van der Waals surface area contributed by atoms with Crippen molar-refractivity contribution in [3.63, 3.8) is 0 Å². The number of fused-ring (bicyclic) bond motifs is 1. The summed E-state index contributed by atoms with van der Waals surface area (Å²) in [7, 11) is 0. The number of halogens is 4. The van der Waals surface area contributed by atoms with Crippen LogP contribution in [0.1, 0.15) is 21.5 Å². The van der Waals surface area contributed by atoms with E-state index in [1.54, 1.807) is 43.3 Å². The van der Waals surface area contributed by atoms with Crippen molar-refractivity contribution in [2.75, 3.05) is 5.32 Å². The van der Waals surface area contributed by atoms with Crippen LogP contribution in [0.4, 0.5) is 18.9 Å². The normalized spacial score (nSPS) is 11.6. The van der Waals surface area contributed by atoms with Crippen molar-refractivity contribution in [3.05, 3.63) is 113 Å². The second-order valence-electron chi connectivity index (χ2n) is 8.35. The van der Waals surface area contributed by atoms with E-state index in [9.17, 15) is 18.0 Å². The SMILES string of the molecule is Cc1cc(-c2ccc(C(F)(F)F)cc2)ccc1C(=O)Nc1ccc(Cl)c(-c2cn3ccccc3n2)c1. The van der Waals surface area contributed by atoms with Gasteiger partial charge in [0.25, 0.3) is 5.91 Å². The fourth-order valence-corrected chi connectivity index (χ4v) is 4.23. The molecule has 0 unspecified atom stereocenters. The zero-order valence-electron chi connectivity index (χ0n) is 19.0. The summed E-state index contributed by atoms with van der Waals surface area (Å²) >= 11 is 6.42. The molecule has 36 heavy (non-hydrogen) atoms. The number of amides is 1. The number of nitrogens with one attached hydrogen (secondary N) is 1. The number of rotatable bonds is 4. The van der Waals surface area contributed by atoms with Crippen molar-refractivity contribution < 1.29 is 18.0 Å². The van der Waals surface area contributed by atoms with E-state index in [1.807, 2.05) is 35.0 Å². The number of carbonyl (C=O) groups excluding carboxylic acids is 1. The Kier molecular flexibility index (Phi) is 6.02. The molecule has 8 heteroatoms. The molecule has 1 amide bonds. The van der Waals surface area contributed by atoms with Gasteiger partial charge in [-0.1, -0.05) is 41.9 Å². The van der Waals surface area contributed by atoms with Gasteiger partial charge in [-0.25, -0.2) is 4.98 Å². The summed E-state index contributed by atoms with van der Waals surface area (Å²) in [6, 6.07) is 21.0. The molecule has 180 valence electrons. The molecule has 0 aliphatic heterocycles. The number of pyridine rings is 1. The van der Waals surface area contributed by atoms with Gasteiger partial charge in [0, 0.05) is 29.2 Å². The molecule has 0 fully saturated rings. The Morgan fingerprint density at radius 2 is 1.69 bits per heavy atom. The highest BCUT2D eigenvalue weighted by molar-refractivity contribution is 6.33. The summed E-state index contributed by atoms with van der Waals surface area (Å²) in [6.07, 6.45) is -0.627. The van der Waals surface area contributed by atoms with Crippen LogP contribution in [0.2, 0.25) is 5.02 Å². The highest BCUT2D eigenvalue weighted by atomic mass is 35.5. The van der Waals surface area contributed by atoms with Gasteiger partial charge in [-0.3, -0.25) is 4.79 Å². The highest BCUT2D eigenvalue weighted by Crippen LogP contribution is 2.32. The highest BCUT2D eigenvalue weighted by Gasteiger charge is 2.30. The van der Waals surface area contributed by atoms with Crippen LogP contribution in [0.5, 0.6) is 0 Å². The summed E-state index contributed by atoms with van der Waals surface area (Å²) in [5, 5.41) is 3.40. The maximum atomic E-state index is 13.0. The molecule has 0 aliphatic carbocycles. The summed E-state index contributed by atoms with van der Waals surface area (Å²) < 4.78 is 40.4. The van der Waals surface area contributed by atoms with Crippen LogP contribution in [0.25, 0.3) is 28.0 Å². The fraction of sp³-hybridized carbons (Fsp3) is 0.0714. The molecule has 0 aliphatic rings. The summed E-state index contributed by atoms with van der Waals surface area (Å²) in [5.41, 5.74) is 4.50. The van der Waals surface area contributed by atoms with Crippen molar-refractivity contribution in [3.8, 4) is 22.4 Å². The topological polar surface area (TPSA) is 46.4 Å². The van der Waals surface area contributed by atoms with E-state index in [-0.39, 0.29) is 5.91 Å². The number of alkyl halides is 3. The first-order valence-electron chi connectivity index (χ1n) is 11.0. The van der Waals surface area contributed by atoms with Crippen LogP contribution >= 0.6 is 11.6 Å². The van der Waals surface area contributed by atoms with Gasteiger partial charge in [0.1, 0.15) is 5.65 Å². The maximum Gasteiger partial charge on any atom is 0.416 e. The zero-order chi connectivity index (χ0) is 25.4.